The number of thiazole rings is 1. The molecule has 4 rings (SSSR count). The topological polar surface area (TPSA) is 76.6 Å². The minimum atomic E-state index is -3.33. The zero-order valence-corrected chi connectivity index (χ0v) is 19.0. The van der Waals surface area contributed by atoms with Crippen LogP contribution in [0.4, 0.5) is 5.13 Å². The lowest BCUT2D eigenvalue weighted by atomic mass is 10.2. The van der Waals surface area contributed by atoms with Gasteiger partial charge >= 0.3 is 0 Å². The molecule has 1 unspecified atom stereocenters. The maximum Gasteiger partial charge on any atom is 0.260 e. The fourth-order valence-electron chi connectivity index (χ4n) is 3.44. The summed E-state index contributed by atoms with van der Waals surface area (Å²) in [6.45, 7) is 2.98. The highest BCUT2D eigenvalue weighted by atomic mass is 35.5. The molecule has 9 heteroatoms. The third-order valence-electron chi connectivity index (χ3n) is 5.15. The number of sulfone groups is 1. The van der Waals surface area contributed by atoms with Crippen molar-refractivity contribution in [1.29, 1.82) is 0 Å². The molecule has 0 saturated carbocycles. The highest BCUT2D eigenvalue weighted by Gasteiger charge is 2.27. The Morgan fingerprint density at radius 2 is 2.00 bits per heavy atom. The minimum absolute atomic E-state index is 0.0547. The highest BCUT2D eigenvalue weighted by molar-refractivity contribution is 7.90. The quantitative estimate of drug-likeness (QED) is 0.556. The van der Waals surface area contributed by atoms with Crippen LogP contribution in [0.15, 0.2) is 41.3 Å². The number of carbonyl (C=O) groups excluding carboxylic acids is 1. The molecule has 3 aromatic rings. The van der Waals surface area contributed by atoms with Crippen molar-refractivity contribution in [2.24, 2.45) is 0 Å². The Kier molecular flexibility index (Phi) is 5.85. The Bertz CT molecular complexity index is 1200. The molecule has 6 nitrogen and oxygen atoms in total. The summed E-state index contributed by atoms with van der Waals surface area (Å²) >= 11 is 7.66. The third kappa shape index (κ3) is 4.23. The highest BCUT2D eigenvalue weighted by Crippen LogP contribution is 2.34. The van der Waals surface area contributed by atoms with Crippen molar-refractivity contribution >= 4 is 54.0 Å². The molecule has 0 spiro atoms. The Morgan fingerprint density at radius 1 is 1.27 bits per heavy atom. The number of aryl methyl sites for hydroxylation is 1. The van der Waals surface area contributed by atoms with Gasteiger partial charge in [0.15, 0.2) is 15.0 Å². The summed E-state index contributed by atoms with van der Waals surface area (Å²) in [6, 6.07) is 9.72. The molecule has 1 saturated heterocycles. The summed E-state index contributed by atoms with van der Waals surface area (Å²) in [5.41, 5.74) is 2.05. The monoisotopic (exact) mass is 464 g/mol. The van der Waals surface area contributed by atoms with Crippen molar-refractivity contribution in [2.75, 3.05) is 24.3 Å². The molecule has 0 aliphatic carbocycles. The van der Waals surface area contributed by atoms with Crippen LogP contribution in [0.1, 0.15) is 28.8 Å². The predicted octanol–water partition coefficient (Wildman–Crippen LogP) is 4.49. The predicted molar refractivity (Wildman–Crippen MR) is 120 cm³/mol. The first kappa shape index (κ1) is 21.2. The van der Waals surface area contributed by atoms with E-state index in [9.17, 15) is 13.2 Å². The fraction of sp³-hybridized carbons (Fsp3) is 0.333. The normalized spacial score (nSPS) is 16.8. The van der Waals surface area contributed by atoms with Crippen LogP contribution >= 0.6 is 22.9 Å². The van der Waals surface area contributed by atoms with Gasteiger partial charge in [0, 0.05) is 23.4 Å². The number of aromatic nitrogens is 1. The van der Waals surface area contributed by atoms with E-state index >= 15 is 0 Å². The standard InChI is InChI=1S/C21H21ClN2O4S2/c1-13-17(22)9-10-18-19(13)23-21(29-18)24(12-15-4-3-11-28-15)20(25)14-5-7-16(8-6-14)30(2,26)27/h5-10,15H,3-4,11-12H2,1-2H3. The Balaban J connectivity index is 1.72. The molecule has 2 heterocycles. The van der Waals surface area contributed by atoms with Crippen molar-refractivity contribution in [1.82, 2.24) is 4.98 Å². The molecule has 158 valence electrons. The number of halogens is 1. The molecule has 1 aliphatic heterocycles. The lowest BCUT2D eigenvalue weighted by Crippen LogP contribution is -2.37. The number of amides is 1. The zero-order chi connectivity index (χ0) is 21.5. The minimum Gasteiger partial charge on any atom is -0.376 e. The summed E-state index contributed by atoms with van der Waals surface area (Å²) in [5.74, 6) is -0.242. The van der Waals surface area contributed by atoms with Crippen LogP contribution < -0.4 is 4.90 Å². The second-order valence-electron chi connectivity index (χ2n) is 7.36. The third-order valence-corrected chi connectivity index (χ3v) is 7.73. The van der Waals surface area contributed by atoms with Gasteiger partial charge in [-0.05, 0) is 61.7 Å². The summed E-state index contributed by atoms with van der Waals surface area (Å²) in [6.07, 6.45) is 2.93. The van der Waals surface area contributed by atoms with E-state index < -0.39 is 9.84 Å². The largest absolute Gasteiger partial charge is 0.376 e. The SMILES string of the molecule is Cc1c(Cl)ccc2sc(N(CC3CCCO3)C(=O)c3ccc(S(C)(=O)=O)cc3)nc12. The van der Waals surface area contributed by atoms with E-state index in [1.807, 2.05) is 19.1 Å². The van der Waals surface area contributed by atoms with Crippen LogP contribution in [0.3, 0.4) is 0 Å². The van der Waals surface area contributed by atoms with Crippen molar-refractivity contribution < 1.29 is 17.9 Å². The van der Waals surface area contributed by atoms with Crippen LogP contribution in [0.5, 0.6) is 0 Å². The fourth-order valence-corrected chi connectivity index (χ4v) is 5.26. The van der Waals surface area contributed by atoms with Gasteiger partial charge in [0.25, 0.3) is 5.91 Å². The smallest absolute Gasteiger partial charge is 0.260 e. The van der Waals surface area contributed by atoms with Gasteiger partial charge in [0.1, 0.15) is 0 Å². The number of anilines is 1. The van der Waals surface area contributed by atoms with Gasteiger partial charge in [-0.3, -0.25) is 9.69 Å². The van der Waals surface area contributed by atoms with E-state index in [0.717, 1.165) is 34.9 Å². The molecule has 1 aromatic heterocycles. The van der Waals surface area contributed by atoms with Crippen LogP contribution in [0, 0.1) is 6.92 Å². The maximum atomic E-state index is 13.4. The van der Waals surface area contributed by atoms with E-state index in [2.05, 4.69) is 0 Å². The first-order chi connectivity index (χ1) is 14.2. The second-order valence-corrected chi connectivity index (χ2v) is 10.8. The number of hydrogen-bond donors (Lipinski definition) is 0. The molecular weight excluding hydrogens is 444 g/mol. The molecule has 0 radical (unpaired) electrons. The summed E-state index contributed by atoms with van der Waals surface area (Å²) in [4.78, 5) is 19.9. The summed E-state index contributed by atoms with van der Waals surface area (Å²) in [5, 5.41) is 1.20. The van der Waals surface area contributed by atoms with Gasteiger partial charge in [0.2, 0.25) is 0 Å². The van der Waals surface area contributed by atoms with Gasteiger partial charge in [-0.2, -0.15) is 0 Å². The number of hydrogen-bond acceptors (Lipinski definition) is 6. The van der Waals surface area contributed by atoms with Crippen LogP contribution in [-0.4, -0.2) is 44.8 Å². The maximum absolute atomic E-state index is 13.4. The van der Waals surface area contributed by atoms with Crippen LogP contribution in [0.25, 0.3) is 10.2 Å². The number of fused-ring (bicyclic) bond motifs is 1. The molecule has 1 atom stereocenters. The Morgan fingerprint density at radius 3 is 2.63 bits per heavy atom. The molecule has 2 aromatic carbocycles. The molecule has 0 N–H and O–H groups in total. The van der Waals surface area contributed by atoms with Crippen LogP contribution in [-0.2, 0) is 14.6 Å². The molecule has 1 fully saturated rings. The number of nitrogens with zero attached hydrogens (tertiary/aromatic N) is 2. The molecule has 1 aliphatic rings. The number of benzene rings is 2. The molecule has 30 heavy (non-hydrogen) atoms. The molecule has 1 amide bonds. The van der Waals surface area contributed by atoms with E-state index in [1.54, 1.807) is 4.90 Å². The number of rotatable bonds is 5. The van der Waals surface area contributed by atoms with Gasteiger partial charge in [0.05, 0.1) is 27.8 Å². The lowest BCUT2D eigenvalue weighted by molar-refractivity contribution is 0.0917. The number of carbonyl (C=O) groups is 1. The van der Waals surface area contributed by atoms with Crippen molar-refractivity contribution in [3.8, 4) is 0 Å². The second kappa shape index (κ2) is 8.26. The Labute approximate surface area is 184 Å². The van der Waals surface area contributed by atoms with Gasteiger partial charge in [-0.1, -0.05) is 22.9 Å². The molecule has 0 bridgehead atoms. The van der Waals surface area contributed by atoms with Gasteiger partial charge in [-0.25, -0.2) is 13.4 Å². The van der Waals surface area contributed by atoms with Crippen molar-refractivity contribution in [2.45, 2.75) is 30.8 Å². The zero-order valence-electron chi connectivity index (χ0n) is 16.6. The van der Waals surface area contributed by atoms with Crippen LogP contribution in [0.2, 0.25) is 5.02 Å². The molecular formula is C21H21ClN2O4S2. The van der Waals surface area contributed by atoms with Crippen molar-refractivity contribution in [3.05, 3.63) is 52.5 Å². The van der Waals surface area contributed by atoms with E-state index in [-0.39, 0.29) is 16.9 Å². The number of ether oxygens (including phenoxy) is 1. The van der Waals surface area contributed by atoms with Gasteiger partial charge < -0.3 is 4.74 Å². The van der Waals surface area contributed by atoms with Crippen molar-refractivity contribution in [3.63, 3.8) is 0 Å². The summed E-state index contributed by atoms with van der Waals surface area (Å²) < 4.78 is 30.2. The average Bonchev–Trinajstić information content (AvgIpc) is 3.38. The van der Waals surface area contributed by atoms with Gasteiger partial charge in [-0.15, -0.1) is 0 Å². The first-order valence-electron chi connectivity index (χ1n) is 9.53. The summed E-state index contributed by atoms with van der Waals surface area (Å²) in [7, 11) is -3.33. The van der Waals surface area contributed by atoms with E-state index in [1.165, 1.54) is 35.6 Å². The van der Waals surface area contributed by atoms with E-state index in [0.29, 0.717) is 28.9 Å². The Hall–Kier alpha value is -2.00. The average molecular weight is 465 g/mol. The lowest BCUT2D eigenvalue weighted by Gasteiger charge is -2.23. The van der Waals surface area contributed by atoms with E-state index in [4.69, 9.17) is 21.3 Å². The first-order valence-corrected chi connectivity index (χ1v) is 12.6.